The van der Waals surface area contributed by atoms with Crippen molar-refractivity contribution in [1.82, 2.24) is 14.4 Å². The van der Waals surface area contributed by atoms with Gasteiger partial charge < -0.3 is 19.4 Å². The van der Waals surface area contributed by atoms with E-state index in [9.17, 15) is 13.2 Å². The summed E-state index contributed by atoms with van der Waals surface area (Å²) < 4.78 is 51.8. The molecule has 2 aromatic rings. The molecular weight excluding hydrogens is 312 g/mol. The van der Waals surface area contributed by atoms with Crippen LogP contribution in [0.25, 0.3) is 5.65 Å². The van der Waals surface area contributed by atoms with Crippen LogP contribution in [-0.2, 0) is 15.5 Å². The molecule has 1 saturated heterocycles. The lowest BCUT2D eigenvalue weighted by Gasteiger charge is -2.32. The number of halogens is 3. The number of aromatic nitrogens is 3. The van der Waals surface area contributed by atoms with Gasteiger partial charge in [-0.15, -0.1) is 0 Å². The summed E-state index contributed by atoms with van der Waals surface area (Å²) in [5.74, 6) is -0.303. The van der Waals surface area contributed by atoms with Crippen LogP contribution in [0.2, 0.25) is 0 Å². The highest BCUT2D eigenvalue weighted by Gasteiger charge is 2.53. The minimum absolute atomic E-state index is 0.128. The maximum Gasteiger partial charge on any atom is 0.514 e. The molecule has 2 N–H and O–H groups in total. The van der Waals surface area contributed by atoms with Crippen LogP contribution >= 0.6 is 0 Å². The van der Waals surface area contributed by atoms with Crippen molar-refractivity contribution >= 4 is 24.2 Å². The molecule has 1 aliphatic rings. The fraction of sp³-hybridized carbons (Fsp3) is 0.538. The fourth-order valence-corrected chi connectivity index (χ4v) is 2.30. The van der Waals surface area contributed by atoms with Gasteiger partial charge in [-0.05, 0) is 27.7 Å². The summed E-state index contributed by atoms with van der Waals surface area (Å²) in [6.45, 7) is 7.42. The van der Waals surface area contributed by atoms with E-state index >= 15 is 0 Å². The molecule has 3 heterocycles. The zero-order valence-electron chi connectivity index (χ0n) is 13.1. The van der Waals surface area contributed by atoms with E-state index in [-0.39, 0.29) is 11.5 Å². The Labute approximate surface area is 130 Å². The summed E-state index contributed by atoms with van der Waals surface area (Å²) >= 11 is 0. The van der Waals surface area contributed by atoms with Crippen LogP contribution in [0.1, 0.15) is 33.4 Å². The monoisotopic (exact) mass is 328 g/mol. The predicted molar refractivity (Wildman–Crippen MR) is 78.1 cm³/mol. The molecule has 0 saturated carbocycles. The van der Waals surface area contributed by atoms with Crippen molar-refractivity contribution in [3.63, 3.8) is 0 Å². The first-order chi connectivity index (χ1) is 10.4. The number of hydrogen-bond acceptors (Lipinski definition) is 5. The molecule has 10 heteroatoms. The molecule has 6 nitrogen and oxygen atoms in total. The van der Waals surface area contributed by atoms with E-state index in [0.717, 1.165) is 6.20 Å². The number of fused-ring (bicyclic) bond motifs is 1. The van der Waals surface area contributed by atoms with Gasteiger partial charge in [0.15, 0.2) is 17.2 Å². The Bertz CT molecular complexity index is 756. The van der Waals surface area contributed by atoms with Gasteiger partial charge in [0.2, 0.25) is 0 Å². The molecule has 0 spiro atoms. The normalized spacial score (nSPS) is 20.4. The SMILES string of the molecule is CC1(C)OB(c2cnc3c(N)nc(C(F)(F)F)cn23)OC1(C)C. The number of nitrogens with zero attached hydrogens (tertiary/aromatic N) is 3. The van der Waals surface area contributed by atoms with Gasteiger partial charge in [0.1, 0.15) is 0 Å². The Balaban J connectivity index is 2.12. The first-order valence-electron chi connectivity index (χ1n) is 6.99. The number of nitrogens with two attached hydrogens (primary N) is 1. The third-order valence-electron chi connectivity index (χ3n) is 4.33. The number of rotatable bonds is 1. The number of anilines is 1. The molecule has 0 amide bonds. The van der Waals surface area contributed by atoms with E-state index < -0.39 is 30.2 Å². The Kier molecular flexibility index (Phi) is 3.22. The highest BCUT2D eigenvalue weighted by molar-refractivity contribution is 6.61. The number of imidazole rings is 1. The molecule has 1 aliphatic heterocycles. The van der Waals surface area contributed by atoms with Crippen LogP contribution in [0.4, 0.5) is 19.0 Å². The number of hydrogen-bond donors (Lipinski definition) is 1. The van der Waals surface area contributed by atoms with Gasteiger partial charge in [-0.3, -0.25) is 0 Å². The van der Waals surface area contributed by atoms with Gasteiger partial charge in [0.05, 0.1) is 16.8 Å². The largest absolute Gasteiger partial charge is 0.514 e. The van der Waals surface area contributed by atoms with Crippen LogP contribution in [0.15, 0.2) is 12.4 Å². The molecule has 0 radical (unpaired) electrons. The molecule has 124 valence electrons. The minimum Gasteiger partial charge on any atom is -0.398 e. The van der Waals surface area contributed by atoms with Gasteiger partial charge in [0.25, 0.3) is 0 Å². The first kappa shape index (κ1) is 16.1. The van der Waals surface area contributed by atoms with Gasteiger partial charge in [-0.2, -0.15) is 13.2 Å². The number of alkyl halides is 3. The fourth-order valence-electron chi connectivity index (χ4n) is 2.30. The molecule has 0 unspecified atom stereocenters. The van der Waals surface area contributed by atoms with Crippen molar-refractivity contribution in [1.29, 1.82) is 0 Å². The second kappa shape index (κ2) is 4.61. The molecule has 0 aliphatic carbocycles. The average molecular weight is 328 g/mol. The highest BCUT2D eigenvalue weighted by Crippen LogP contribution is 2.36. The van der Waals surface area contributed by atoms with E-state index in [1.54, 1.807) is 0 Å². The zero-order chi connectivity index (χ0) is 17.2. The highest BCUT2D eigenvalue weighted by atomic mass is 19.4. The Morgan fingerprint density at radius 3 is 2.26 bits per heavy atom. The topological polar surface area (TPSA) is 74.7 Å². The summed E-state index contributed by atoms with van der Waals surface area (Å²) in [5.41, 5.74) is 3.72. The van der Waals surface area contributed by atoms with Crippen LogP contribution in [0.3, 0.4) is 0 Å². The van der Waals surface area contributed by atoms with E-state index in [1.807, 2.05) is 27.7 Å². The third-order valence-corrected chi connectivity index (χ3v) is 4.33. The molecule has 1 fully saturated rings. The van der Waals surface area contributed by atoms with E-state index in [0.29, 0.717) is 5.59 Å². The Morgan fingerprint density at radius 1 is 1.17 bits per heavy atom. The van der Waals surface area contributed by atoms with Gasteiger partial charge in [-0.25, -0.2) is 9.97 Å². The van der Waals surface area contributed by atoms with Crippen LogP contribution in [0, 0.1) is 0 Å². The van der Waals surface area contributed by atoms with Crippen molar-refractivity contribution in [2.75, 3.05) is 5.73 Å². The minimum atomic E-state index is -4.61. The smallest absolute Gasteiger partial charge is 0.398 e. The second-order valence-electron chi connectivity index (χ2n) is 6.47. The van der Waals surface area contributed by atoms with Crippen LogP contribution in [-0.4, -0.2) is 32.7 Å². The van der Waals surface area contributed by atoms with Gasteiger partial charge >= 0.3 is 13.3 Å². The zero-order valence-corrected chi connectivity index (χ0v) is 13.1. The van der Waals surface area contributed by atoms with Crippen LogP contribution in [0.5, 0.6) is 0 Å². The molecule has 3 rings (SSSR count). The summed E-state index contributed by atoms with van der Waals surface area (Å²) in [5, 5.41) is 0. The summed E-state index contributed by atoms with van der Waals surface area (Å²) in [7, 11) is -0.849. The lowest BCUT2D eigenvalue weighted by Crippen LogP contribution is -2.41. The van der Waals surface area contributed by atoms with E-state index in [1.165, 1.54) is 10.6 Å². The third kappa shape index (κ3) is 2.45. The second-order valence-corrected chi connectivity index (χ2v) is 6.47. The average Bonchev–Trinajstić information content (AvgIpc) is 2.88. The molecule has 0 aromatic carbocycles. The molecule has 0 bridgehead atoms. The molecule has 0 atom stereocenters. The predicted octanol–water partition coefficient (Wildman–Crippen LogP) is 1.63. The van der Waals surface area contributed by atoms with Gasteiger partial charge in [-0.1, -0.05) is 0 Å². The van der Waals surface area contributed by atoms with E-state index in [2.05, 4.69) is 9.97 Å². The maximum absolute atomic E-state index is 12.9. The van der Waals surface area contributed by atoms with Crippen molar-refractivity contribution in [2.45, 2.75) is 45.1 Å². The van der Waals surface area contributed by atoms with Crippen LogP contribution < -0.4 is 11.3 Å². The van der Waals surface area contributed by atoms with Gasteiger partial charge in [0, 0.05) is 12.4 Å². The van der Waals surface area contributed by atoms with Crippen molar-refractivity contribution in [3.8, 4) is 0 Å². The lowest BCUT2D eigenvalue weighted by molar-refractivity contribution is -0.141. The number of nitrogen functional groups attached to an aromatic ring is 1. The van der Waals surface area contributed by atoms with Crippen molar-refractivity contribution < 1.29 is 22.5 Å². The Morgan fingerprint density at radius 2 is 1.74 bits per heavy atom. The maximum atomic E-state index is 12.9. The summed E-state index contributed by atoms with van der Waals surface area (Å²) in [6.07, 6.45) is -2.38. The van der Waals surface area contributed by atoms with Crippen molar-refractivity contribution in [3.05, 3.63) is 18.1 Å². The first-order valence-corrected chi connectivity index (χ1v) is 6.99. The quantitative estimate of drug-likeness (QED) is 0.806. The van der Waals surface area contributed by atoms with E-state index in [4.69, 9.17) is 15.0 Å². The summed E-state index contributed by atoms with van der Waals surface area (Å²) in [6, 6.07) is 0. The molecular formula is C13H16BF3N4O2. The molecule has 23 heavy (non-hydrogen) atoms. The standard InChI is InChI=1S/C13H16BF3N4O2/c1-11(2)12(3,4)23-14(22-11)8-5-19-10-9(18)20-7(6-21(8)10)13(15,16)17/h5-6H,1-4H3,(H2,18,20). The molecule has 2 aromatic heterocycles. The summed E-state index contributed by atoms with van der Waals surface area (Å²) in [4.78, 5) is 7.39. The van der Waals surface area contributed by atoms with Crippen molar-refractivity contribution in [2.24, 2.45) is 0 Å². The Hall–Kier alpha value is -1.81. The lowest BCUT2D eigenvalue weighted by atomic mass is 9.85.